The second-order valence-electron chi connectivity index (χ2n) is 5.54. The number of nitrogens with zero attached hydrogens (tertiary/aromatic N) is 2. The number of aryl methyl sites for hydroxylation is 1. The van der Waals surface area contributed by atoms with Crippen molar-refractivity contribution in [1.82, 2.24) is 9.97 Å². The summed E-state index contributed by atoms with van der Waals surface area (Å²) in [6.45, 7) is 2.37. The molecule has 7 heteroatoms. The summed E-state index contributed by atoms with van der Waals surface area (Å²) < 4.78 is 10.1. The smallest absolute Gasteiger partial charge is 0.341 e. The van der Waals surface area contributed by atoms with Gasteiger partial charge in [-0.1, -0.05) is 12.1 Å². The van der Waals surface area contributed by atoms with Gasteiger partial charge in [-0.3, -0.25) is 0 Å². The normalized spacial score (nSPS) is 10.6. The number of nitrogens with two attached hydrogens (primary N) is 1. The Hall–Kier alpha value is -2.77. The molecule has 0 unspecified atom stereocenters. The molecule has 3 rings (SSSR count). The molecular formula is C19H19N3O3S. The van der Waals surface area contributed by atoms with Gasteiger partial charge in [0, 0.05) is 12.1 Å². The largest absolute Gasteiger partial charge is 0.496 e. The quantitative estimate of drug-likeness (QED) is 0.693. The zero-order valence-corrected chi connectivity index (χ0v) is 15.6. The minimum absolute atomic E-state index is 0.376. The second-order valence-corrected chi connectivity index (χ2v) is 6.62. The third-order valence-electron chi connectivity index (χ3n) is 3.90. The molecule has 0 radical (unpaired) electrons. The Kier molecular flexibility index (Phi) is 5.29. The predicted molar refractivity (Wildman–Crippen MR) is 101 cm³/mol. The van der Waals surface area contributed by atoms with Crippen molar-refractivity contribution < 1.29 is 14.3 Å². The average molecular weight is 369 g/mol. The summed E-state index contributed by atoms with van der Waals surface area (Å²) in [4.78, 5) is 22.0. The van der Waals surface area contributed by atoms with Crippen LogP contribution in [0, 0.1) is 6.92 Å². The SMILES string of the molecule is COC(=O)c1ccc(-c2cccc(-c3sc(CN)nc3C)n2)cc1OC. The molecular weight excluding hydrogens is 350 g/mol. The molecule has 0 aliphatic heterocycles. The van der Waals surface area contributed by atoms with Crippen LogP contribution in [0.2, 0.25) is 0 Å². The molecule has 0 fully saturated rings. The summed E-state index contributed by atoms with van der Waals surface area (Å²) in [6, 6.07) is 11.1. The maximum Gasteiger partial charge on any atom is 0.341 e. The van der Waals surface area contributed by atoms with Gasteiger partial charge in [0.2, 0.25) is 0 Å². The fourth-order valence-electron chi connectivity index (χ4n) is 2.63. The summed E-state index contributed by atoms with van der Waals surface area (Å²) in [5.41, 5.74) is 9.44. The van der Waals surface area contributed by atoms with Gasteiger partial charge >= 0.3 is 5.97 Å². The van der Waals surface area contributed by atoms with Gasteiger partial charge < -0.3 is 15.2 Å². The molecule has 0 amide bonds. The van der Waals surface area contributed by atoms with Crippen LogP contribution in [0.1, 0.15) is 21.1 Å². The van der Waals surface area contributed by atoms with Gasteiger partial charge in [-0.25, -0.2) is 14.8 Å². The zero-order valence-electron chi connectivity index (χ0n) is 14.8. The number of thiazole rings is 1. The summed E-state index contributed by atoms with van der Waals surface area (Å²) in [5, 5.41) is 0.883. The molecule has 0 aliphatic rings. The number of methoxy groups -OCH3 is 2. The Balaban J connectivity index is 2.02. The van der Waals surface area contributed by atoms with E-state index in [1.807, 2.05) is 31.2 Å². The highest BCUT2D eigenvalue weighted by Gasteiger charge is 2.15. The second kappa shape index (κ2) is 7.63. The van der Waals surface area contributed by atoms with Crippen LogP contribution in [0.5, 0.6) is 5.75 Å². The topological polar surface area (TPSA) is 87.3 Å². The highest BCUT2D eigenvalue weighted by molar-refractivity contribution is 7.15. The van der Waals surface area contributed by atoms with E-state index in [0.717, 1.165) is 32.5 Å². The van der Waals surface area contributed by atoms with Crippen LogP contribution >= 0.6 is 11.3 Å². The molecule has 2 N–H and O–H groups in total. The first-order chi connectivity index (χ1) is 12.6. The lowest BCUT2D eigenvalue weighted by atomic mass is 10.1. The number of hydrogen-bond acceptors (Lipinski definition) is 7. The van der Waals surface area contributed by atoms with E-state index in [2.05, 4.69) is 4.98 Å². The lowest BCUT2D eigenvalue weighted by Gasteiger charge is -2.10. The Morgan fingerprint density at radius 1 is 1.15 bits per heavy atom. The summed E-state index contributed by atoms with van der Waals surface area (Å²) in [5.74, 6) is 0.00523. The van der Waals surface area contributed by atoms with Crippen molar-refractivity contribution in [2.24, 2.45) is 5.73 Å². The third kappa shape index (κ3) is 3.44. The Morgan fingerprint density at radius 2 is 1.92 bits per heavy atom. The number of ether oxygens (including phenoxy) is 2. The van der Waals surface area contributed by atoms with E-state index < -0.39 is 5.97 Å². The Bertz CT molecular complexity index is 953. The lowest BCUT2D eigenvalue weighted by Crippen LogP contribution is -2.04. The molecule has 0 aliphatic carbocycles. The third-order valence-corrected chi connectivity index (χ3v) is 5.10. The Morgan fingerprint density at radius 3 is 2.58 bits per heavy atom. The van der Waals surface area contributed by atoms with Crippen molar-refractivity contribution in [1.29, 1.82) is 0 Å². The predicted octanol–water partition coefficient (Wildman–Crippen LogP) is 3.43. The highest BCUT2D eigenvalue weighted by atomic mass is 32.1. The van der Waals surface area contributed by atoms with Crippen molar-refractivity contribution in [3.63, 3.8) is 0 Å². The van der Waals surface area contributed by atoms with E-state index in [4.69, 9.17) is 20.2 Å². The highest BCUT2D eigenvalue weighted by Crippen LogP contribution is 2.32. The van der Waals surface area contributed by atoms with Gasteiger partial charge in [0.15, 0.2) is 0 Å². The molecule has 2 aromatic heterocycles. The first-order valence-electron chi connectivity index (χ1n) is 7.98. The molecule has 26 heavy (non-hydrogen) atoms. The maximum atomic E-state index is 11.8. The number of esters is 1. The molecule has 0 saturated carbocycles. The number of rotatable bonds is 5. The molecule has 0 spiro atoms. The first-order valence-corrected chi connectivity index (χ1v) is 8.79. The number of benzene rings is 1. The minimum atomic E-state index is -0.440. The molecule has 0 atom stereocenters. The summed E-state index contributed by atoms with van der Waals surface area (Å²) >= 11 is 1.55. The van der Waals surface area contributed by atoms with Gasteiger partial charge in [0.05, 0.1) is 36.2 Å². The molecule has 1 aromatic carbocycles. The van der Waals surface area contributed by atoms with Crippen LogP contribution in [0.4, 0.5) is 0 Å². The number of hydrogen-bond donors (Lipinski definition) is 1. The van der Waals surface area contributed by atoms with Crippen molar-refractivity contribution in [3.05, 3.63) is 52.7 Å². The van der Waals surface area contributed by atoms with Crippen molar-refractivity contribution in [3.8, 4) is 27.6 Å². The summed E-state index contributed by atoms with van der Waals surface area (Å²) in [7, 11) is 2.86. The van der Waals surface area contributed by atoms with Crippen molar-refractivity contribution >= 4 is 17.3 Å². The molecule has 0 bridgehead atoms. The van der Waals surface area contributed by atoms with Crippen LogP contribution in [0.25, 0.3) is 21.8 Å². The van der Waals surface area contributed by atoms with Crippen LogP contribution in [-0.2, 0) is 11.3 Å². The number of aromatic nitrogens is 2. The van der Waals surface area contributed by atoms with E-state index in [9.17, 15) is 4.79 Å². The number of pyridine rings is 1. The van der Waals surface area contributed by atoms with Gasteiger partial charge in [-0.2, -0.15) is 0 Å². The molecule has 134 valence electrons. The molecule has 6 nitrogen and oxygen atoms in total. The van der Waals surface area contributed by atoms with E-state index in [1.165, 1.54) is 14.2 Å². The average Bonchev–Trinajstić information content (AvgIpc) is 3.07. The number of carbonyl (C=O) groups excluding carboxylic acids is 1. The van der Waals surface area contributed by atoms with Crippen LogP contribution in [0.15, 0.2) is 36.4 Å². The lowest BCUT2D eigenvalue weighted by molar-refractivity contribution is 0.0597. The summed E-state index contributed by atoms with van der Waals surface area (Å²) in [6.07, 6.45) is 0. The van der Waals surface area contributed by atoms with Gasteiger partial charge in [-0.15, -0.1) is 11.3 Å². The fraction of sp³-hybridized carbons (Fsp3) is 0.211. The minimum Gasteiger partial charge on any atom is -0.496 e. The van der Waals surface area contributed by atoms with Crippen LogP contribution in [0.3, 0.4) is 0 Å². The van der Waals surface area contributed by atoms with E-state index in [-0.39, 0.29) is 0 Å². The molecule has 2 heterocycles. The monoisotopic (exact) mass is 369 g/mol. The Labute approximate surface area is 155 Å². The number of carbonyl (C=O) groups is 1. The molecule has 0 saturated heterocycles. The van der Waals surface area contributed by atoms with Crippen molar-refractivity contribution in [2.45, 2.75) is 13.5 Å². The zero-order chi connectivity index (χ0) is 18.7. The van der Waals surface area contributed by atoms with E-state index >= 15 is 0 Å². The van der Waals surface area contributed by atoms with Crippen molar-refractivity contribution in [2.75, 3.05) is 14.2 Å². The van der Waals surface area contributed by atoms with Gasteiger partial charge in [0.25, 0.3) is 0 Å². The van der Waals surface area contributed by atoms with E-state index in [1.54, 1.807) is 23.5 Å². The maximum absolute atomic E-state index is 11.8. The first kappa shape index (κ1) is 18.0. The fourth-order valence-corrected chi connectivity index (χ4v) is 3.54. The van der Waals surface area contributed by atoms with Crippen LogP contribution < -0.4 is 10.5 Å². The van der Waals surface area contributed by atoms with E-state index in [0.29, 0.717) is 17.9 Å². The van der Waals surface area contributed by atoms with Gasteiger partial charge in [-0.05, 0) is 31.2 Å². The molecule has 3 aromatic rings. The standard InChI is InChI=1S/C19H19N3O3S/c1-11-18(26-17(10-20)21-11)15-6-4-5-14(22-15)12-7-8-13(19(23)25-3)16(9-12)24-2/h4-9H,10,20H2,1-3H3. The van der Waals surface area contributed by atoms with Crippen LogP contribution in [-0.4, -0.2) is 30.2 Å². The van der Waals surface area contributed by atoms with Gasteiger partial charge in [0.1, 0.15) is 16.3 Å².